The fourth-order valence-corrected chi connectivity index (χ4v) is 6.20. The van der Waals surface area contributed by atoms with Crippen LogP contribution in [-0.2, 0) is 21.0 Å². The summed E-state index contributed by atoms with van der Waals surface area (Å²) >= 11 is 5.60. The molecule has 5 nitrogen and oxygen atoms in total. The molecule has 31 heavy (non-hydrogen) atoms. The molecule has 0 bridgehead atoms. The average Bonchev–Trinajstić information content (AvgIpc) is 2.70. The molecule has 2 aliphatic rings. The number of alkyl halides is 3. The third kappa shape index (κ3) is 5.37. The standard InChI is InChI=1S/C21H28ClF3N2O3S/c1-13-4-3-5-19(14(13)2)26-20(28)15-8-10-27(11-9-15)31(29,30)16-6-7-18(22)17(12-16)21(23,24)25/h6-7,12-15,19H,3-5,8-11H2,1-2H3,(H,26,28)/t13-,14-,19+/m1/s1. The summed E-state index contributed by atoms with van der Waals surface area (Å²) in [4.78, 5) is 12.3. The molecule has 174 valence electrons. The van der Waals surface area contributed by atoms with E-state index in [1.54, 1.807) is 0 Å². The second-order valence-electron chi connectivity index (χ2n) is 8.70. The van der Waals surface area contributed by atoms with E-state index in [0.717, 1.165) is 35.7 Å². The van der Waals surface area contributed by atoms with Gasteiger partial charge in [0.1, 0.15) is 0 Å². The van der Waals surface area contributed by atoms with Gasteiger partial charge in [0.15, 0.2) is 0 Å². The van der Waals surface area contributed by atoms with Crippen LogP contribution in [0.4, 0.5) is 13.2 Å². The van der Waals surface area contributed by atoms with Crippen molar-refractivity contribution < 1.29 is 26.4 Å². The van der Waals surface area contributed by atoms with Gasteiger partial charge in [-0.1, -0.05) is 38.3 Å². The van der Waals surface area contributed by atoms with Crippen molar-refractivity contribution in [1.82, 2.24) is 9.62 Å². The van der Waals surface area contributed by atoms with E-state index < -0.39 is 31.7 Å². The number of amides is 1. The zero-order chi connectivity index (χ0) is 23.0. The second-order valence-corrected chi connectivity index (χ2v) is 11.0. The zero-order valence-electron chi connectivity index (χ0n) is 17.6. The number of hydrogen-bond donors (Lipinski definition) is 1. The first kappa shape index (κ1) is 24.3. The summed E-state index contributed by atoms with van der Waals surface area (Å²) in [6, 6.07) is 2.73. The van der Waals surface area contributed by atoms with Crippen LogP contribution in [-0.4, -0.2) is 37.8 Å². The Kier molecular flexibility index (Phi) is 7.28. The third-order valence-corrected chi connectivity index (χ3v) is 8.96. The fraction of sp³-hybridized carbons (Fsp3) is 0.667. The van der Waals surface area contributed by atoms with Gasteiger partial charge in [-0.15, -0.1) is 0 Å². The van der Waals surface area contributed by atoms with Gasteiger partial charge >= 0.3 is 6.18 Å². The van der Waals surface area contributed by atoms with Gasteiger partial charge in [-0.3, -0.25) is 4.79 Å². The number of halogens is 4. The van der Waals surface area contributed by atoms with Crippen LogP contribution in [0.25, 0.3) is 0 Å². The topological polar surface area (TPSA) is 66.5 Å². The van der Waals surface area contributed by atoms with Crippen molar-refractivity contribution >= 4 is 27.5 Å². The van der Waals surface area contributed by atoms with Gasteiger partial charge in [0, 0.05) is 25.0 Å². The summed E-state index contributed by atoms with van der Waals surface area (Å²) in [6.07, 6.45) is -0.897. The van der Waals surface area contributed by atoms with Crippen molar-refractivity contribution in [2.24, 2.45) is 17.8 Å². The maximum atomic E-state index is 13.1. The van der Waals surface area contributed by atoms with Crippen molar-refractivity contribution in [3.63, 3.8) is 0 Å². The Morgan fingerprint density at radius 3 is 2.39 bits per heavy atom. The van der Waals surface area contributed by atoms with Gasteiger partial charge in [0.25, 0.3) is 0 Å². The van der Waals surface area contributed by atoms with Gasteiger partial charge in [0.2, 0.25) is 15.9 Å². The first-order chi connectivity index (χ1) is 14.4. The molecule has 1 aliphatic heterocycles. The maximum Gasteiger partial charge on any atom is 0.417 e. The first-order valence-electron chi connectivity index (χ1n) is 10.6. The summed E-state index contributed by atoms with van der Waals surface area (Å²) in [7, 11) is -4.11. The molecule has 3 atom stereocenters. The van der Waals surface area contributed by atoms with Crippen molar-refractivity contribution in [2.45, 2.75) is 63.1 Å². The molecule has 1 aromatic carbocycles. The lowest BCUT2D eigenvalue weighted by molar-refractivity contribution is -0.137. The number of benzene rings is 1. The smallest absolute Gasteiger partial charge is 0.353 e. The molecule has 1 heterocycles. The van der Waals surface area contributed by atoms with Crippen LogP contribution in [0, 0.1) is 17.8 Å². The Morgan fingerprint density at radius 1 is 1.13 bits per heavy atom. The minimum absolute atomic E-state index is 0.0613. The van der Waals surface area contributed by atoms with E-state index in [1.165, 1.54) is 0 Å². The first-order valence-corrected chi connectivity index (χ1v) is 12.4. The molecule has 2 fully saturated rings. The van der Waals surface area contributed by atoms with Gasteiger partial charge < -0.3 is 5.32 Å². The van der Waals surface area contributed by atoms with Crippen molar-refractivity contribution in [2.75, 3.05) is 13.1 Å². The number of piperidine rings is 1. The largest absolute Gasteiger partial charge is 0.417 e. The van der Waals surface area contributed by atoms with E-state index in [0.29, 0.717) is 30.7 Å². The molecule has 1 aromatic rings. The quantitative estimate of drug-likeness (QED) is 0.679. The number of carbonyl (C=O) groups is 1. The van der Waals surface area contributed by atoms with Gasteiger partial charge in [0.05, 0.1) is 15.5 Å². The van der Waals surface area contributed by atoms with E-state index >= 15 is 0 Å². The van der Waals surface area contributed by atoms with Crippen LogP contribution >= 0.6 is 11.6 Å². The van der Waals surface area contributed by atoms with Crippen molar-refractivity contribution in [3.05, 3.63) is 28.8 Å². The van der Waals surface area contributed by atoms with E-state index in [2.05, 4.69) is 19.2 Å². The summed E-state index contributed by atoms with van der Waals surface area (Å²) in [5, 5.41) is 2.59. The number of rotatable bonds is 4. The molecule has 3 rings (SSSR count). The lowest BCUT2D eigenvalue weighted by Crippen LogP contribution is -2.48. The van der Waals surface area contributed by atoms with E-state index in [-0.39, 0.29) is 31.0 Å². The Bertz CT molecular complexity index is 915. The third-order valence-electron chi connectivity index (χ3n) is 6.74. The summed E-state index contributed by atoms with van der Waals surface area (Å²) in [5.74, 6) is 0.582. The normalized spacial score (nSPS) is 26.6. The minimum atomic E-state index is -4.75. The molecule has 0 radical (unpaired) electrons. The average molecular weight is 481 g/mol. The van der Waals surface area contributed by atoms with Crippen LogP contribution in [0.1, 0.15) is 51.5 Å². The van der Waals surface area contributed by atoms with Crippen LogP contribution in [0.3, 0.4) is 0 Å². The summed E-state index contributed by atoms with van der Waals surface area (Å²) in [5.41, 5.74) is -1.18. The van der Waals surface area contributed by atoms with E-state index in [9.17, 15) is 26.4 Å². The van der Waals surface area contributed by atoms with Crippen molar-refractivity contribution in [3.8, 4) is 0 Å². The molecule has 1 saturated heterocycles. The Morgan fingerprint density at radius 2 is 1.77 bits per heavy atom. The maximum absolute atomic E-state index is 13.1. The predicted octanol–water partition coefficient (Wildman–Crippen LogP) is 4.70. The predicted molar refractivity (Wildman–Crippen MR) is 112 cm³/mol. The lowest BCUT2D eigenvalue weighted by Gasteiger charge is -2.36. The second kappa shape index (κ2) is 9.27. The highest BCUT2D eigenvalue weighted by molar-refractivity contribution is 7.89. The number of nitrogens with zero attached hydrogens (tertiary/aromatic N) is 1. The monoisotopic (exact) mass is 480 g/mol. The highest BCUT2D eigenvalue weighted by Gasteiger charge is 2.37. The number of sulfonamides is 1. The van der Waals surface area contributed by atoms with E-state index in [1.807, 2.05) is 0 Å². The molecule has 1 aliphatic carbocycles. The van der Waals surface area contributed by atoms with Crippen LogP contribution < -0.4 is 5.32 Å². The fourth-order valence-electron chi connectivity index (χ4n) is 4.48. The number of carbonyl (C=O) groups excluding carboxylic acids is 1. The number of nitrogens with one attached hydrogen (secondary N) is 1. The molecule has 0 aromatic heterocycles. The molecule has 0 unspecified atom stereocenters. The minimum Gasteiger partial charge on any atom is -0.353 e. The molecule has 0 spiro atoms. The Labute approximate surface area is 186 Å². The molecular formula is C21H28ClF3N2O3S. The van der Waals surface area contributed by atoms with Crippen LogP contribution in [0.2, 0.25) is 5.02 Å². The van der Waals surface area contributed by atoms with Gasteiger partial charge in [-0.2, -0.15) is 17.5 Å². The van der Waals surface area contributed by atoms with Crippen LogP contribution in [0.5, 0.6) is 0 Å². The van der Waals surface area contributed by atoms with Crippen molar-refractivity contribution in [1.29, 1.82) is 0 Å². The highest BCUT2D eigenvalue weighted by Crippen LogP contribution is 2.37. The molecule has 1 saturated carbocycles. The molecule has 1 amide bonds. The van der Waals surface area contributed by atoms with Gasteiger partial charge in [-0.25, -0.2) is 8.42 Å². The SMILES string of the molecule is C[C@@H]1[C@H](C)CCC[C@@H]1NC(=O)C1CCN(S(=O)(=O)c2ccc(Cl)c(C(F)(F)F)c2)CC1. The molecule has 10 heteroatoms. The molecule has 1 N–H and O–H groups in total. The molecular weight excluding hydrogens is 453 g/mol. The van der Waals surface area contributed by atoms with Crippen LogP contribution in [0.15, 0.2) is 23.1 Å². The van der Waals surface area contributed by atoms with E-state index in [4.69, 9.17) is 11.6 Å². The zero-order valence-corrected chi connectivity index (χ0v) is 19.2. The summed E-state index contributed by atoms with van der Waals surface area (Å²) in [6.45, 7) is 4.50. The van der Waals surface area contributed by atoms with Gasteiger partial charge in [-0.05, 0) is 49.3 Å². The highest BCUT2D eigenvalue weighted by atomic mass is 35.5. The summed E-state index contributed by atoms with van der Waals surface area (Å²) < 4.78 is 66.2. The Balaban J connectivity index is 1.64. The lowest BCUT2D eigenvalue weighted by atomic mass is 9.78. The Hall–Kier alpha value is -1.32. The number of hydrogen-bond acceptors (Lipinski definition) is 3.